The van der Waals surface area contributed by atoms with E-state index in [0.29, 0.717) is 8.58 Å². The number of carbonyl (C=O) groups excluding carboxylic acids is 1. The van der Waals surface area contributed by atoms with Gasteiger partial charge >= 0.3 is 18.9 Å². The van der Waals surface area contributed by atoms with Gasteiger partial charge in [0.15, 0.2) is 0 Å². The summed E-state index contributed by atoms with van der Waals surface area (Å²) in [5.41, 5.74) is 0. The van der Waals surface area contributed by atoms with Crippen LogP contribution < -0.4 is 28.9 Å². The van der Waals surface area contributed by atoms with Crippen LogP contribution in [0.1, 0.15) is 13.8 Å². The maximum atomic E-state index is 10.2. The van der Waals surface area contributed by atoms with Gasteiger partial charge in [-0.15, -0.1) is 0 Å². The van der Waals surface area contributed by atoms with E-state index in [9.17, 15) is 4.79 Å². The summed E-state index contributed by atoms with van der Waals surface area (Å²) in [7, 11) is 0.705. The monoisotopic (exact) mass is 202 g/mol. The molecule has 0 heterocycles. The van der Waals surface area contributed by atoms with E-state index < -0.39 is 0 Å². The van der Waals surface area contributed by atoms with Crippen molar-refractivity contribution in [2.24, 2.45) is 0 Å². The van der Waals surface area contributed by atoms with Crippen LogP contribution >= 0.6 is 8.58 Å². The van der Waals surface area contributed by atoms with Crippen LogP contribution in [-0.4, -0.2) is 12.1 Å². The van der Waals surface area contributed by atoms with Crippen LogP contribution in [0, 0.1) is 0 Å². The third-order valence-corrected chi connectivity index (χ3v) is 2.11. The first kappa shape index (κ1) is 13.7. The van der Waals surface area contributed by atoms with E-state index in [2.05, 4.69) is 0 Å². The normalized spacial score (nSPS) is 10.2. The topological polar surface area (TPSA) is 26.3 Å². The third-order valence-electron chi connectivity index (χ3n) is 1.41. The summed E-state index contributed by atoms with van der Waals surface area (Å²) in [5.74, 6) is 0.847. The maximum Gasteiger partial charge on any atom is 1.00 e. The minimum atomic E-state index is 0. The Hall–Kier alpha value is -0.283. The molecule has 4 heteroatoms. The fraction of sp³-hybridized carbons (Fsp3) is 0.300. The Morgan fingerprint density at radius 1 is 1.29 bits per heavy atom. The molecule has 0 bridgehead atoms. The molecule has 0 fully saturated rings. The molecule has 0 saturated carbocycles. The number of hydrogen-bond acceptors (Lipinski definition) is 2. The summed E-state index contributed by atoms with van der Waals surface area (Å²) < 4.78 is 5.46. The molecule has 0 aromatic heterocycles. The Morgan fingerprint density at radius 2 is 1.86 bits per heavy atom. The molecule has 0 aliphatic heterocycles. The summed E-state index contributed by atoms with van der Waals surface area (Å²) in [4.78, 5) is 10.2. The maximum absolute atomic E-state index is 10.2. The predicted molar refractivity (Wildman–Crippen MR) is 55.5 cm³/mol. The molecule has 0 unspecified atom stereocenters. The number of rotatable bonds is 4. The molecular formula is C10H12LiO2P. The summed E-state index contributed by atoms with van der Waals surface area (Å²) in [5, 5.41) is 0.992. The van der Waals surface area contributed by atoms with Crippen molar-refractivity contribution in [3.05, 3.63) is 24.3 Å². The fourth-order valence-corrected chi connectivity index (χ4v) is 1.39. The summed E-state index contributed by atoms with van der Waals surface area (Å²) in [6, 6.07) is 8.43. The summed E-state index contributed by atoms with van der Waals surface area (Å²) in [6.07, 6.45) is 0.189. The standard InChI is InChI=1S/C10H12O2P.Li/c1-8(2)12-9-3-5-10(6-4-9)13-7-11;/h3-8H,1-2H3;/q-1;+1. The molecule has 0 radical (unpaired) electrons. The van der Waals surface area contributed by atoms with E-state index >= 15 is 0 Å². The molecule has 0 aliphatic carbocycles. The molecule has 2 nitrogen and oxygen atoms in total. The van der Waals surface area contributed by atoms with E-state index in [-0.39, 0.29) is 25.0 Å². The smallest absolute Gasteiger partial charge is 0.491 e. The third kappa shape index (κ3) is 4.82. The first-order chi connectivity index (χ1) is 6.22. The van der Waals surface area contributed by atoms with E-state index in [1.807, 2.05) is 38.1 Å². The molecule has 0 atom stereocenters. The Kier molecular flexibility index (Phi) is 6.93. The van der Waals surface area contributed by atoms with Crippen LogP contribution in [0.15, 0.2) is 24.3 Å². The van der Waals surface area contributed by atoms with Gasteiger partial charge in [-0.05, 0) is 32.0 Å². The Morgan fingerprint density at radius 3 is 2.29 bits per heavy atom. The van der Waals surface area contributed by atoms with Crippen molar-refractivity contribution in [1.29, 1.82) is 0 Å². The van der Waals surface area contributed by atoms with Crippen molar-refractivity contribution in [3.8, 4) is 5.75 Å². The molecule has 0 saturated heterocycles. The number of carbonyl (C=O) groups is 1. The van der Waals surface area contributed by atoms with E-state index in [1.54, 1.807) is 0 Å². The molecule has 0 N–H and O–H groups in total. The van der Waals surface area contributed by atoms with Gasteiger partial charge in [-0.1, -0.05) is 12.1 Å². The fourth-order valence-electron chi connectivity index (χ4n) is 0.944. The quantitative estimate of drug-likeness (QED) is 0.364. The van der Waals surface area contributed by atoms with Gasteiger partial charge < -0.3 is 18.1 Å². The molecule has 0 amide bonds. The first-order valence-corrected chi connectivity index (χ1v) is 5.10. The van der Waals surface area contributed by atoms with Crippen molar-refractivity contribution < 1.29 is 28.4 Å². The second kappa shape index (κ2) is 7.07. The van der Waals surface area contributed by atoms with Gasteiger partial charge in [0, 0.05) is 0 Å². The molecule has 14 heavy (non-hydrogen) atoms. The largest absolute Gasteiger partial charge is 1.00 e. The first-order valence-electron chi connectivity index (χ1n) is 4.13. The van der Waals surface area contributed by atoms with Gasteiger partial charge in [0.2, 0.25) is 0 Å². The summed E-state index contributed by atoms with van der Waals surface area (Å²) >= 11 is 0. The van der Waals surface area contributed by atoms with Gasteiger partial charge in [0.1, 0.15) is 5.75 Å². The molecule has 1 rings (SSSR count). The molecule has 1 aromatic carbocycles. The second-order valence-electron chi connectivity index (χ2n) is 2.90. The zero-order chi connectivity index (χ0) is 9.68. The SMILES string of the molecule is CC(C)Oc1ccc([P-]C=O)cc1.[Li+]. The number of ether oxygens (including phenoxy) is 1. The van der Waals surface area contributed by atoms with Gasteiger partial charge in [-0.3, -0.25) is 0 Å². The van der Waals surface area contributed by atoms with E-state index in [0.717, 1.165) is 17.1 Å². The van der Waals surface area contributed by atoms with Crippen LogP contribution in [0.25, 0.3) is 0 Å². The average Bonchev–Trinajstić information content (AvgIpc) is 2.08. The van der Waals surface area contributed by atoms with Crippen LogP contribution in [0.4, 0.5) is 0 Å². The zero-order valence-electron chi connectivity index (χ0n) is 8.73. The van der Waals surface area contributed by atoms with Crippen molar-refractivity contribution in [1.82, 2.24) is 0 Å². The minimum absolute atomic E-state index is 0. The Labute approximate surface area is 98.4 Å². The molecule has 1 aromatic rings. The van der Waals surface area contributed by atoms with Crippen LogP contribution in [0.5, 0.6) is 5.75 Å². The molecule has 0 spiro atoms. The summed E-state index contributed by atoms with van der Waals surface area (Å²) in [6.45, 7) is 3.97. The van der Waals surface area contributed by atoms with Gasteiger partial charge in [0.05, 0.1) is 6.10 Å². The minimum Gasteiger partial charge on any atom is -0.491 e. The van der Waals surface area contributed by atoms with Crippen molar-refractivity contribution in [2.75, 3.05) is 0 Å². The van der Waals surface area contributed by atoms with Gasteiger partial charge in [-0.25, -0.2) is 0 Å². The van der Waals surface area contributed by atoms with Crippen molar-refractivity contribution in [3.63, 3.8) is 0 Å². The van der Waals surface area contributed by atoms with Crippen LogP contribution in [0.3, 0.4) is 0 Å². The second-order valence-corrected chi connectivity index (χ2v) is 3.88. The Bertz CT molecular complexity index is 272. The number of hydrogen-bond donors (Lipinski definition) is 0. The van der Waals surface area contributed by atoms with Gasteiger partial charge in [-0.2, -0.15) is 5.30 Å². The van der Waals surface area contributed by atoms with Gasteiger partial charge in [0.25, 0.3) is 0 Å². The Balaban J connectivity index is 0.00000169. The molecule has 0 aliphatic rings. The van der Waals surface area contributed by atoms with Crippen molar-refractivity contribution >= 4 is 19.9 Å². The molecular weight excluding hydrogens is 190 g/mol. The van der Waals surface area contributed by atoms with E-state index in [1.165, 1.54) is 0 Å². The predicted octanol–water partition coefficient (Wildman–Crippen LogP) is -0.761. The zero-order valence-corrected chi connectivity index (χ0v) is 9.62. The number of benzene rings is 1. The van der Waals surface area contributed by atoms with E-state index in [4.69, 9.17) is 4.74 Å². The van der Waals surface area contributed by atoms with Crippen LogP contribution in [-0.2, 0) is 4.79 Å². The van der Waals surface area contributed by atoms with Crippen molar-refractivity contribution in [2.45, 2.75) is 20.0 Å². The average molecular weight is 202 g/mol. The molecule has 70 valence electrons. The van der Waals surface area contributed by atoms with Crippen LogP contribution in [0.2, 0.25) is 0 Å².